The summed E-state index contributed by atoms with van der Waals surface area (Å²) in [6, 6.07) is 8.26. The van der Waals surface area contributed by atoms with Gasteiger partial charge in [0.15, 0.2) is 5.82 Å². The number of hydrogen-bond donors (Lipinski definition) is 2. The highest BCUT2D eigenvalue weighted by molar-refractivity contribution is 5.75. The standard InChI is InChI=1S/C24H27FN6O2/c1-24(7-3-8-24)27-16-6-9-31(14-16)22-5-4-20(28-29-22)18-11-19(25)17(12-21(18)32)15-10-23(33-2)30-26-13-15/h4-5,10-13,16,27,32H,3,6-9,14H2,1-2H3/t16-/m0/s1. The molecule has 172 valence electrons. The lowest BCUT2D eigenvalue weighted by atomic mass is 9.78. The molecule has 2 N–H and O–H groups in total. The van der Waals surface area contributed by atoms with Gasteiger partial charge in [-0.3, -0.25) is 0 Å². The number of methoxy groups -OCH3 is 1. The van der Waals surface area contributed by atoms with Gasteiger partial charge in [0.2, 0.25) is 5.88 Å². The largest absolute Gasteiger partial charge is 0.507 e. The molecule has 0 spiro atoms. The topological polar surface area (TPSA) is 96.3 Å². The van der Waals surface area contributed by atoms with Crippen LogP contribution in [0.1, 0.15) is 32.6 Å². The molecular weight excluding hydrogens is 423 g/mol. The summed E-state index contributed by atoms with van der Waals surface area (Å²) in [6.07, 6.45) is 6.26. The van der Waals surface area contributed by atoms with Gasteiger partial charge in [-0.25, -0.2) is 4.39 Å². The number of aromatic hydroxyl groups is 1. The Morgan fingerprint density at radius 3 is 2.70 bits per heavy atom. The Labute approximate surface area is 191 Å². The molecule has 0 amide bonds. The number of benzene rings is 1. The molecule has 1 atom stereocenters. The summed E-state index contributed by atoms with van der Waals surface area (Å²) in [5, 5.41) is 30.6. The molecular formula is C24H27FN6O2. The summed E-state index contributed by atoms with van der Waals surface area (Å²) in [5.41, 5.74) is 1.62. The van der Waals surface area contributed by atoms with Crippen molar-refractivity contribution in [3.63, 3.8) is 0 Å². The summed E-state index contributed by atoms with van der Waals surface area (Å²) >= 11 is 0. The van der Waals surface area contributed by atoms with E-state index in [0.717, 1.165) is 25.3 Å². The number of rotatable bonds is 6. The maximum absolute atomic E-state index is 14.9. The van der Waals surface area contributed by atoms with Crippen molar-refractivity contribution >= 4 is 5.82 Å². The number of halogens is 1. The van der Waals surface area contributed by atoms with E-state index in [0.29, 0.717) is 17.3 Å². The van der Waals surface area contributed by atoms with Crippen LogP contribution in [0.15, 0.2) is 36.5 Å². The van der Waals surface area contributed by atoms with Crippen LogP contribution in [-0.4, -0.2) is 57.3 Å². The zero-order valence-corrected chi connectivity index (χ0v) is 18.8. The third kappa shape index (κ3) is 4.32. The minimum atomic E-state index is -0.512. The summed E-state index contributed by atoms with van der Waals surface area (Å²) < 4.78 is 20.0. The highest BCUT2D eigenvalue weighted by Gasteiger charge is 2.35. The fourth-order valence-corrected chi connectivity index (χ4v) is 4.65. The molecule has 1 saturated carbocycles. The molecule has 8 nitrogen and oxygen atoms in total. The number of aromatic nitrogens is 4. The first-order valence-electron chi connectivity index (χ1n) is 11.2. The number of phenolic OH excluding ortho intramolecular Hbond substituents is 1. The van der Waals surface area contributed by atoms with Crippen molar-refractivity contribution in [3.8, 4) is 34.0 Å². The molecule has 2 aliphatic rings. The van der Waals surface area contributed by atoms with Crippen LogP contribution < -0.4 is 15.0 Å². The molecule has 0 unspecified atom stereocenters. The maximum Gasteiger partial charge on any atom is 0.233 e. The van der Waals surface area contributed by atoms with E-state index in [1.807, 2.05) is 6.07 Å². The minimum Gasteiger partial charge on any atom is -0.507 e. The lowest BCUT2D eigenvalue weighted by Gasteiger charge is -2.41. The van der Waals surface area contributed by atoms with E-state index in [-0.39, 0.29) is 28.3 Å². The van der Waals surface area contributed by atoms with Crippen LogP contribution in [-0.2, 0) is 0 Å². The van der Waals surface area contributed by atoms with Crippen molar-refractivity contribution in [2.45, 2.75) is 44.2 Å². The first-order valence-corrected chi connectivity index (χ1v) is 11.2. The number of anilines is 1. The molecule has 1 saturated heterocycles. The van der Waals surface area contributed by atoms with Crippen molar-refractivity contribution in [1.29, 1.82) is 0 Å². The quantitative estimate of drug-likeness (QED) is 0.589. The predicted molar refractivity (Wildman–Crippen MR) is 123 cm³/mol. The van der Waals surface area contributed by atoms with Gasteiger partial charge in [-0.1, -0.05) is 0 Å². The van der Waals surface area contributed by atoms with E-state index >= 15 is 0 Å². The van der Waals surface area contributed by atoms with Crippen molar-refractivity contribution in [2.24, 2.45) is 0 Å². The van der Waals surface area contributed by atoms with Crippen LogP contribution in [0.25, 0.3) is 22.4 Å². The van der Waals surface area contributed by atoms with Crippen molar-refractivity contribution in [3.05, 3.63) is 42.3 Å². The molecule has 3 heterocycles. The van der Waals surface area contributed by atoms with Gasteiger partial charge in [0.1, 0.15) is 11.6 Å². The molecule has 3 aromatic rings. The second kappa shape index (κ2) is 8.55. The predicted octanol–water partition coefficient (Wildman–Crippen LogP) is 3.56. The van der Waals surface area contributed by atoms with Gasteiger partial charge < -0.3 is 20.1 Å². The van der Waals surface area contributed by atoms with Crippen molar-refractivity contribution in [2.75, 3.05) is 25.1 Å². The van der Waals surface area contributed by atoms with E-state index in [4.69, 9.17) is 4.74 Å². The second-order valence-electron chi connectivity index (χ2n) is 9.10. The van der Waals surface area contributed by atoms with Gasteiger partial charge in [-0.15, -0.1) is 15.3 Å². The Kier molecular flexibility index (Phi) is 5.57. The first kappa shape index (κ1) is 21.5. The molecule has 5 rings (SSSR count). The van der Waals surface area contributed by atoms with E-state index in [1.54, 1.807) is 12.1 Å². The number of nitrogens with one attached hydrogen (secondary N) is 1. The molecule has 33 heavy (non-hydrogen) atoms. The third-order valence-electron chi connectivity index (χ3n) is 6.69. The van der Waals surface area contributed by atoms with E-state index < -0.39 is 5.82 Å². The number of hydrogen-bond acceptors (Lipinski definition) is 8. The van der Waals surface area contributed by atoms with E-state index in [2.05, 4.69) is 37.5 Å². The van der Waals surface area contributed by atoms with Crippen LogP contribution in [0, 0.1) is 5.82 Å². The fraction of sp³-hybridized carbons (Fsp3) is 0.417. The average Bonchev–Trinajstić information content (AvgIpc) is 3.27. The normalized spacial score (nSPS) is 19.4. The highest BCUT2D eigenvalue weighted by atomic mass is 19.1. The van der Waals surface area contributed by atoms with Gasteiger partial charge in [0.05, 0.1) is 19.0 Å². The molecule has 2 fully saturated rings. The fourth-order valence-electron chi connectivity index (χ4n) is 4.65. The molecule has 9 heteroatoms. The van der Waals surface area contributed by atoms with Crippen LogP contribution >= 0.6 is 0 Å². The Hall–Kier alpha value is -3.33. The number of ether oxygens (including phenoxy) is 1. The Morgan fingerprint density at radius 1 is 1.15 bits per heavy atom. The van der Waals surface area contributed by atoms with Crippen LogP contribution in [0.4, 0.5) is 10.2 Å². The monoisotopic (exact) mass is 450 g/mol. The maximum atomic E-state index is 14.9. The van der Waals surface area contributed by atoms with E-state index in [1.165, 1.54) is 44.7 Å². The SMILES string of the molecule is COc1cc(-c2cc(O)c(-c3ccc(N4CC[C@H](NC5(C)CCC5)C4)nn3)cc2F)cnn1. The average molecular weight is 451 g/mol. The molecule has 2 aromatic heterocycles. The summed E-state index contributed by atoms with van der Waals surface area (Å²) in [4.78, 5) is 2.21. The molecule has 0 bridgehead atoms. The number of nitrogens with zero attached hydrogens (tertiary/aromatic N) is 5. The van der Waals surface area contributed by atoms with Gasteiger partial charge in [-0.05, 0) is 56.9 Å². The molecule has 1 aliphatic carbocycles. The smallest absolute Gasteiger partial charge is 0.233 e. The van der Waals surface area contributed by atoms with Gasteiger partial charge >= 0.3 is 0 Å². The van der Waals surface area contributed by atoms with Crippen molar-refractivity contribution in [1.82, 2.24) is 25.7 Å². The Morgan fingerprint density at radius 2 is 2.00 bits per heavy atom. The van der Waals surface area contributed by atoms with Gasteiger partial charge in [0, 0.05) is 47.4 Å². The van der Waals surface area contributed by atoms with Crippen LogP contribution in [0.3, 0.4) is 0 Å². The first-order chi connectivity index (χ1) is 15.9. The minimum absolute atomic E-state index is 0.0941. The van der Waals surface area contributed by atoms with Crippen molar-refractivity contribution < 1.29 is 14.2 Å². The Bertz CT molecular complexity index is 1150. The lowest BCUT2D eigenvalue weighted by molar-refractivity contribution is 0.189. The van der Waals surface area contributed by atoms with Gasteiger partial charge in [-0.2, -0.15) is 5.10 Å². The summed E-state index contributed by atoms with van der Waals surface area (Å²) in [5.74, 6) is 0.441. The summed E-state index contributed by atoms with van der Waals surface area (Å²) in [7, 11) is 1.46. The number of phenols is 1. The molecule has 1 aliphatic heterocycles. The lowest BCUT2D eigenvalue weighted by Crippen LogP contribution is -2.53. The zero-order valence-electron chi connectivity index (χ0n) is 18.8. The van der Waals surface area contributed by atoms with Crippen LogP contribution in [0.5, 0.6) is 11.6 Å². The van der Waals surface area contributed by atoms with Gasteiger partial charge in [0.25, 0.3) is 0 Å². The van der Waals surface area contributed by atoms with E-state index in [9.17, 15) is 9.50 Å². The second-order valence-corrected chi connectivity index (χ2v) is 9.10. The molecule has 0 radical (unpaired) electrons. The zero-order chi connectivity index (χ0) is 23.0. The Balaban J connectivity index is 1.32. The van der Waals surface area contributed by atoms with Crippen LogP contribution in [0.2, 0.25) is 0 Å². The molecule has 1 aromatic carbocycles. The highest BCUT2D eigenvalue weighted by Crippen LogP contribution is 2.36. The third-order valence-corrected chi connectivity index (χ3v) is 6.69. The summed E-state index contributed by atoms with van der Waals surface area (Å²) in [6.45, 7) is 4.10.